The fourth-order valence-corrected chi connectivity index (χ4v) is 3.49. The van der Waals surface area contributed by atoms with Crippen molar-refractivity contribution >= 4 is 23.0 Å². The van der Waals surface area contributed by atoms with E-state index in [1.807, 2.05) is 38.1 Å². The van der Waals surface area contributed by atoms with E-state index in [4.69, 9.17) is 16.2 Å². The minimum atomic E-state index is -0.0611. The van der Waals surface area contributed by atoms with Crippen molar-refractivity contribution in [3.8, 4) is 16.3 Å². The lowest BCUT2D eigenvalue weighted by molar-refractivity contribution is 0.240. The van der Waals surface area contributed by atoms with Gasteiger partial charge in [0, 0.05) is 5.56 Å². The van der Waals surface area contributed by atoms with Crippen molar-refractivity contribution in [3.05, 3.63) is 34.8 Å². The first-order valence-electron chi connectivity index (χ1n) is 8.78. The molecule has 2 rings (SSSR count). The maximum Gasteiger partial charge on any atom is 0.211 e. The Kier molecular flexibility index (Phi) is 7.15. The summed E-state index contributed by atoms with van der Waals surface area (Å²) >= 11 is 1.57. The monoisotopic (exact) mass is 373 g/mol. The number of ether oxygens (including phenoxy) is 1. The van der Waals surface area contributed by atoms with Gasteiger partial charge in [-0.15, -0.1) is 16.4 Å². The average Bonchev–Trinajstić information content (AvgIpc) is 3.02. The van der Waals surface area contributed by atoms with Crippen LogP contribution in [0.5, 0.6) is 5.75 Å². The van der Waals surface area contributed by atoms with Crippen molar-refractivity contribution in [2.24, 2.45) is 27.6 Å². The van der Waals surface area contributed by atoms with E-state index in [0.29, 0.717) is 5.92 Å². The summed E-state index contributed by atoms with van der Waals surface area (Å²) < 4.78 is 5.97. The van der Waals surface area contributed by atoms with E-state index in [2.05, 4.69) is 29.0 Å². The molecule has 0 atom stereocenters. The summed E-state index contributed by atoms with van der Waals surface area (Å²) in [4.78, 5) is 5.63. The van der Waals surface area contributed by atoms with Crippen LogP contribution in [-0.2, 0) is 0 Å². The van der Waals surface area contributed by atoms with Gasteiger partial charge in [0.25, 0.3) is 0 Å². The first-order valence-corrected chi connectivity index (χ1v) is 9.60. The second-order valence-corrected chi connectivity index (χ2v) is 7.16. The number of guanidine groups is 1. The molecule has 26 heavy (non-hydrogen) atoms. The van der Waals surface area contributed by atoms with E-state index in [-0.39, 0.29) is 5.96 Å². The molecule has 0 radical (unpaired) electrons. The maximum absolute atomic E-state index is 5.97. The normalized spacial score (nSPS) is 11.7. The van der Waals surface area contributed by atoms with E-state index in [1.165, 1.54) is 0 Å². The van der Waals surface area contributed by atoms with Crippen LogP contribution in [0.15, 0.2) is 34.5 Å². The smallest absolute Gasteiger partial charge is 0.211 e. The zero-order valence-corrected chi connectivity index (χ0v) is 16.6. The molecule has 0 fully saturated rings. The Hall–Kier alpha value is -2.41. The summed E-state index contributed by atoms with van der Waals surface area (Å²) in [5.41, 5.74) is 13.3. The predicted octanol–water partition coefficient (Wildman–Crippen LogP) is 3.93. The zero-order valence-electron chi connectivity index (χ0n) is 15.8. The van der Waals surface area contributed by atoms with Crippen LogP contribution in [0.1, 0.15) is 44.2 Å². The number of thiazole rings is 1. The van der Waals surface area contributed by atoms with Gasteiger partial charge >= 0.3 is 0 Å². The molecule has 0 aliphatic carbocycles. The van der Waals surface area contributed by atoms with Gasteiger partial charge in [-0.3, -0.25) is 0 Å². The zero-order chi connectivity index (χ0) is 19.1. The molecule has 140 valence electrons. The number of hydrogen-bond acceptors (Lipinski definition) is 5. The van der Waals surface area contributed by atoms with Crippen LogP contribution in [-0.4, -0.2) is 23.3 Å². The van der Waals surface area contributed by atoms with E-state index < -0.39 is 0 Å². The second kappa shape index (κ2) is 9.33. The van der Waals surface area contributed by atoms with E-state index in [0.717, 1.165) is 52.1 Å². The van der Waals surface area contributed by atoms with E-state index in [1.54, 1.807) is 11.3 Å². The third-order valence-electron chi connectivity index (χ3n) is 4.16. The Morgan fingerprint density at radius 2 is 1.96 bits per heavy atom. The molecule has 2 aromatic rings. The van der Waals surface area contributed by atoms with Crippen molar-refractivity contribution in [1.29, 1.82) is 0 Å². The fourth-order valence-electron chi connectivity index (χ4n) is 2.49. The topological polar surface area (TPSA) is 98.9 Å². The summed E-state index contributed by atoms with van der Waals surface area (Å²) in [5, 5.41) is 8.68. The molecule has 0 saturated heterocycles. The Bertz CT molecular complexity index is 789. The van der Waals surface area contributed by atoms with Crippen LogP contribution in [0, 0.1) is 12.8 Å². The Morgan fingerprint density at radius 1 is 1.23 bits per heavy atom. The quantitative estimate of drug-likeness (QED) is 0.416. The lowest BCUT2D eigenvalue weighted by atomic mass is 10.1. The number of hydrogen-bond donors (Lipinski definition) is 2. The highest BCUT2D eigenvalue weighted by molar-refractivity contribution is 7.17. The van der Waals surface area contributed by atoms with Crippen molar-refractivity contribution in [3.63, 3.8) is 0 Å². The molecular weight excluding hydrogens is 346 g/mol. The summed E-state index contributed by atoms with van der Waals surface area (Å²) in [6, 6.07) is 8.05. The largest absolute Gasteiger partial charge is 0.493 e. The second-order valence-electron chi connectivity index (χ2n) is 6.17. The van der Waals surface area contributed by atoms with Crippen LogP contribution in [0.4, 0.5) is 0 Å². The molecule has 0 unspecified atom stereocenters. The molecule has 1 aromatic carbocycles. The van der Waals surface area contributed by atoms with Crippen molar-refractivity contribution in [2.45, 2.75) is 40.5 Å². The number of aromatic nitrogens is 1. The Morgan fingerprint density at radius 3 is 2.62 bits per heavy atom. The molecule has 0 aliphatic rings. The van der Waals surface area contributed by atoms with Crippen molar-refractivity contribution < 1.29 is 4.74 Å². The first-order chi connectivity index (χ1) is 12.4. The molecule has 0 amide bonds. The molecule has 4 N–H and O–H groups in total. The summed E-state index contributed by atoms with van der Waals surface area (Å²) in [6.07, 6.45) is 2.25. The van der Waals surface area contributed by atoms with E-state index in [9.17, 15) is 0 Å². The van der Waals surface area contributed by atoms with Crippen molar-refractivity contribution in [2.75, 3.05) is 6.61 Å². The Labute approximate surface area is 159 Å². The molecule has 6 nitrogen and oxygen atoms in total. The maximum atomic E-state index is 5.97. The van der Waals surface area contributed by atoms with Gasteiger partial charge in [-0.1, -0.05) is 38.8 Å². The van der Waals surface area contributed by atoms with E-state index >= 15 is 0 Å². The lowest BCUT2D eigenvalue weighted by Gasteiger charge is -2.14. The fraction of sp³-hybridized carbons (Fsp3) is 0.421. The number of benzene rings is 1. The molecule has 1 aromatic heterocycles. The predicted molar refractivity (Wildman–Crippen MR) is 110 cm³/mol. The molecule has 1 heterocycles. The summed E-state index contributed by atoms with van der Waals surface area (Å²) in [6.45, 7) is 8.95. The van der Waals surface area contributed by atoms with Gasteiger partial charge in [-0.25, -0.2) is 4.98 Å². The SMILES string of the molecule is CCC(CC)COc1cccc(-c2nc(C)c(C(C)=NN=C(N)N)s2)c1. The van der Waals surface area contributed by atoms with Gasteiger partial charge in [0.2, 0.25) is 5.96 Å². The highest BCUT2D eigenvalue weighted by atomic mass is 32.1. The van der Waals surface area contributed by atoms with Gasteiger partial charge in [0.05, 0.1) is 22.9 Å². The van der Waals surface area contributed by atoms with Crippen LogP contribution < -0.4 is 16.2 Å². The number of nitrogens with zero attached hydrogens (tertiary/aromatic N) is 3. The average molecular weight is 374 g/mol. The molecule has 0 bridgehead atoms. The molecule has 7 heteroatoms. The molecule has 0 spiro atoms. The van der Waals surface area contributed by atoms with Gasteiger partial charge in [0.1, 0.15) is 10.8 Å². The van der Waals surface area contributed by atoms with Crippen LogP contribution in [0.25, 0.3) is 10.6 Å². The number of aryl methyl sites for hydroxylation is 1. The standard InChI is InChI=1S/C19H27N5OS/c1-5-14(6-2)11-25-16-9-7-8-15(10-16)18-22-12(3)17(26-18)13(4)23-24-19(20)21/h7-10,14H,5-6,11H2,1-4H3,(H4,20,21,24). The highest BCUT2D eigenvalue weighted by Crippen LogP contribution is 2.30. The lowest BCUT2D eigenvalue weighted by Crippen LogP contribution is -2.22. The molecule has 0 aliphatic heterocycles. The van der Waals surface area contributed by atoms with Crippen LogP contribution in [0.2, 0.25) is 0 Å². The van der Waals surface area contributed by atoms with Gasteiger partial charge in [-0.2, -0.15) is 5.10 Å². The highest BCUT2D eigenvalue weighted by Gasteiger charge is 2.13. The van der Waals surface area contributed by atoms with Gasteiger partial charge in [-0.05, 0) is 31.9 Å². The first kappa shape index (κ1) is 19.9. The summed E-state index contributed by atoms with van der Waals surface area (Å²) in [7, 11) is 0. The van der Waals surface area contributed by atoms with Gasteiger partial charge < -0.3 is 16.2 Å². The number of rotatable bonds is 8. The third kappa shape index (κ3) is 5.29. The van der Waals surface area contributed by atoms with Gasteiger partial charge in [0.15, 0.2) is 0 Å². The van der Waals surface area contributed by atoms with Crippen molar-refractivity contribution in [1.82, 2.24) is 4.98 Å². The molecular formula is C19H27N5OS. The summed E-state index contributed by atoms with van der Waals surface area (Å²) in [5.74, 6) is 1.39. The third-order valence-corrected chi connectivity index (χ3v) is 5.48. The number of nitrogens with two attached hydrogens (primary N) is 2. The minimum absolute atomic E-state index is 0.0611. The van der Waals surface area contributed by atoms with Crippen LogP contribution >= 0.6 is 11.3 Å². The minimum Gasteiger partial charge on any atom is -0.493 e. The molecule has 0 saturated carbocycles. The van der Waals surface area contributed by atoms with Crippen LogP contribution in [0.3, 0.4) is 0 Å². The Balaban J connectivity index is 2.22.